The van der Waals surface area contributed by atoms with Crippen molar-refractivity contribution in [1.29, 1.82) is 0 Å². The summed E-state index contributed by atoms with van der Waals surface area (Å²) in [7, 11) is 0. The molecule has 1 N–H and O–H groups in total. The van der Waals surface area contributed by atoms with Gasteiger partial charge in [0.05, 0.1) is 17.9 Å². The standard InChI is InChI=1S/C21H27ClN4O3/c1-15-12-16(2)26(24-15)14-20(27)25-9-4-3-8-23-21(28)18-13-17(22)6-7-19(18)29-11-5-10-25/h6-7,12-13H,3-5,8-11,14H2,1-2H3,(H,23,28). The molecule has 2 amide bonds. The molecule has 29 heavy (non-hydrogen) atoms. The molecule has 0 fully saturated rings. The summed E-state index contributed by atoms with van der Waals surface area (Å²) in [5, 5.41) is 7.78. The number of hydrogen-bond acceptors (Lipinski definition) is 4. The smallest absolute Gasteiger partial charge is 0.255 e. The first-order valence-electron chi connectivity index (χ1n) is 9.93. The minimum absolute atomic E-state index is 0.0438. The molecule has 8 heteroatoms. The Hall–Kier alpha value is -2.54. The van der Waals surface area contributed by atoms with Gasteiger partial charge in [0.15, 0.2) is 0 Å². The average Bonchev–Trinajstić information content (AvgIpc) is 3.00. The highest BCUT2D eigenvalue weighted by Gasteiger charge is 2.18. The van der Waals surface area contributed by atoms with E-state index in [0.29, 0.717) is 49.0 Å². The third-order valence-corrected chi connectivity index (χ3v) is 5.13. The average molecular weight is 419 g/mol. The van der Waals surface area contributed by atoms with Gasteiger partial charge in [-0.3, -0.25) is 14.3 Å². The molecule has 0 atom stereocenters. The fourth-order valence-electron chi connectivity index (χ4n) is 3.39. The van der Waals surface area contributed by atoms with E-state index < -0.39 is 0 Å². The van der Waals surface area contributed by atoms with E-state index in [1.807, 2.05) is 24.8 Å². The second kappa shape index (κ2) is 9.78. The highest BCUT2D eigenvalue weighted by Crippen LogP contribution is 2.23. The van der Waals surface area contributed by atoms with Crippen molar-refractivity contribution in [3.8, 4) is 5.75 Å². The Morgan fingerprint density at radius 3 is 2.76 bits per heavy atom. The van der Waals surface area contributed by atoms with Gasteiger partial charge in [-0.2, -0.15) is 5.10 Å². The SMILES string of the molecule is Cc1cc(C)n(CC(=O)N2CCCCNC(=O)c3cc(Cl)ccc3OCCC2)n1. The number of nitrogens with zero attached hydrogens (tertiary/aromatic N) is 3. The second-order valence-electron chi connectivity index (χ2n) is 7.27. The van der Waals surface area contributed by atoms with E-state index in [4.69, 9.17) is 16.3 Å². The minimum Gasteiger partial charge on any atom is -0.493 e. The molecule has 0 aliphatic carbocycles. The van der Waals surface area contributed by atoms with E-state index in [1.165, 1.54) is 0 Å². The first kappa shape index (κ1) is 21.2. The van der Waals surface area contributed by atoms with Crippen molar-refractivity contribution >= 4 is 23.4 Å². The topological polar surface area (TPSA) is 76.5 Å². The van der Waals surface area contributed by atoms with E-state index >= 15 is 0 Å². The molecular formula is C21H27ClN4O3. The number of aromatic nitrogens is 2. The second-order valence-corrected chi connectivity index (χ2v) is 7.71. The molecule has 0 unspecified atom stereocenters. The third-order valence-electron chi connectivity index (χ3n) is 4.90. The van der Waals surface area contributed by atoms with Gasteiger partial charge in [0.25, 0.3) is 5.91 Å². The van der Waals surface area contributed by atoms with E-state index in [-0.39, 0.29) is 18.4 Å². The first-order chi connectivity index (χ1) is 13.9. The molecular weight excluding hydrogens is 392 g/mol. The number of ether oxygens (including phenoxy) is 1. The molecule has 2 heterocycles. The predicted molar refractivity (Wildman–Crippen MR) is 111 cm³/mol. The minimum atomic E-state index is -0.195. The molecule has 2 aromatic rings. The zero-order chi connectivity index (χ0) is 20.8. The number of amides is 2. The van der Waals surface area contributed by atoms with Crippen molar-refractivity contribution < 1.29 is 14.3 Å². The Bertz CT molecular complexity index is 881. The monoisotopic (exact) mass is 418 g/mol. The van der Waals surface area contributed by atoms with Crippen molar-refractivity contribution in [2.45, 2.75) is 39.7 Å². The van der Waals surface area contributed by atoms with Crippen LogP contribution in [0.15, 0.2) is 24.3 Å². The maximum absolute atomic E-state index is 12.8. The Labute approximate surface area is 176 Å². The molecule has 1 aliphatic heterocycles. The Morgan fingerprint density at radius 1 is 1.21 bits per heavy atom. The van der Waals surface area contributed by atoms with Gasteiger partial charge in [0.1, 0.15) is 12.3 Å². The number of fused-ring (bicyclic) bond motifs is 1. The van der Waals surface area contributed by atoms with Crippen LogP contribution < -0.4 is 10.1 Å². The molecule has 0 spiro atoms. The van der Waals surface area contributed by atoms with E-state index in [0.717, 1.165) is 24.2 Å². The van der Waals surface area contributed by atoms with Crippen LogP contribution >= 0.6 is 11.6 Å². The van der Waals surface area contributed by atoms with Gasteiger partial charge in [-0.25, -0.2) is 0 Å². The van der Waals surface area contributed by atoms with Crippen molar-refractivity contribution in [3.05, 3.63) is 46.2 Å². The number of benzene rings is 1. The Kier molecular flexibility index (Phi) is 7.14. The normalized spacial score (nSPS) is 16.0. The van der Waals surface area contributed by atoms with Crippen molar-refractivity contribution in [2.24, 2.45) is 0 Å². The number of halogens is 1. The van der Waals surface area contributed by atoms with E-state index in [9.17, 15) is 9.59 Å². The van der Waals surface area contributed by atoms with Crippen LogP contribution in [0.3, 0.4) is 0 Å². The van der Waals surface area contributed by atoms with Crippen molar-refractivity contribution in [3.63, 3.8) is 0 Å². The molecule has 7 nitrogen and oxygen atoms in total. The zero-order valence-corrected chi connectivity index (χ0v) is 17.7. The Morgan fingerprint density at radius 2 is 2.00 bits per heavy atom. The number of carbonyl (C=O) groups is 2. The molecule has 0 bridgehead atoms. The van der Waals surface area contributed by atoms with E-state index in [2.05, 4.69) is 10.4 Å². The molecule has 0 saturated carbocycles. The van der Waals surface area contributed by atoms with Crippen LogP contribution in [0.1, 0.15) is 41.0 Å². The van der Waals surface area contributed by atoms with Crippen LogP contribution in [0.4, 0.5) is 0 Å². The lowest BCUT2D eigenvalue weighted by molar-refractivity contribution is -0.132. The van der Waals surface area contributed by atoms with Gasteiger partial charge in [-0.1, -0.05) is 11.6 Å². The van der Waals surface area contributed by atoms with Gasteiger partial charge in [-0.05, 0) is 57.4 Å². The van der Waals surface area contributed by atoms with Crippen LogP contribution in [0.5, 0.6) is 5.75 Å². The summed E-state index contributed by atoms with van der Waals surface area (Å²) < 4.78 is 7.57. The molecule has 1 aromatic carbocycles. The van der Waals surface area contributed by atoms with Crippen LogP contribution in [0.2, 0.25) is 5.02 Å². The summed E-state index contributed by atoms with van der Waals surface area (Å²) >= 11 is 6.04. The van der Waals surface area contributed by atoms with Gasteiger partial charge < -0.3 is 15.0 Å². The quantitative estimate of drug-likeness (QED) is 0.813. The molecule has 0 radical (unpaired) electrons. The number of carbonyl (C=O) groups excluding carboxylic acids is 2. The van der Waals surface area contributed by atoms with Crippen LogP contribution in [0.25, 0.3) is 0 Å². The van der Waals surface area contributed by atoms with Gasteiger partial charge in [0.2, 0.25) is 5.91 Å². The largest absolute Gasteiger partial charge is 0.493 e. The van der Waals surface area contributed by atoms with Crippen LogP contribution in [-0.4, -0.2) is 52.7 Å². The number of rotatable bonds is 2. The number of nitrogens with one attached hydrogen (secondary N) is 1. The summed E-state index contributed by atoms with van der Waals surface area (Å²) in [5.74, 6) is 0.355. The summed E-state index contributed by atoms with van der Waals surface area (Å²) in [4.78, 5) is 27.2. The van der Waals surface area contributed by atoms with Gasteiger partial charge >= 0.3 is 0 Å². The summed E-state index contributed by atoms with van der Waals surface area (Å²) in [6.07, 6.45) is 2.27. The fraction of sp³-hybridized carbons (Fsp3) is 0.476. The summed E-state index contributed by atoms with van der Waals surface area (Å²) in [6.45, 7) is 6.29. The number of aryl methyl sites for hydroxylation is 2. The maximum Gasteiger partial charge on any atom is 0.255 e. The van der Waals surface area contributed by atoms with Crippen LogP contribution in [0, 0.1) is 13.8 Å². The Balaban J connectivity index is 1.67. The first-order valence-corrected chi connectivity index (χ1v) is 10.3. The molecule has 3 rings (SSSR count). The van der Waals surface area contributed by atoms with Crippen molar-refractivity contribution in [1.82, 2.24) is 20.0 Å². The molecule has 1 aromatic heterocycles. The molecule has 1 aliphatic rings. The van der Waals surface area contributed by atoms with E-state index in [1.54, 1.807) is 22.9 Å². The highest BCUT2D eigenvalue weighted by molar-refractivity contribution is 6.31. The highest BCUT2D eigenvalue weighted by atomic mass is 35.5. The van der Waals surface area contributed by atoms with Crippen molar-refractivity contribution in [2.75, 3.05) is 26.2 Å². The maximum atomic E-state index is 12.8. The molecule has 156 valence electrons. The third kappa shape index (κ3) is 5.73. The summed E-state index contributed by atoms with van der Waals surface area (Å²) in [6, 6.07) is 7.00. The molecule has 0 saturated heterocycles. The van der Waals surface area contributed by atoms with Crippen LogP contribution in [-0.2, 0) is 11.3 Å². The lowest BCUT2D eigenvalue weighted by Crippen LogP contribution is -2.36. The lowest BCUT2D eigenvalue weighted by Gasteiger charge is -2.23. The summed E-state index contributed by atoms with van der Waals surface area (Å²) in [5.41, 5.74) is 2.32. The van der Waals surface area contributed by atoms with Gasteiger partial charge in [-0.15, -0.1) is 0 Å². The zero-order valence-electron chi connectivity index (χ0n) is 16.9. The number of hydrogen-bond donors (Lipinski definition) is 1. The lowest BCUT2D eigenvalue weighted by atomic mass is 10.2. The predicted octanol–water partition coefficient (Wildman–Crippen LogP) is 2.97. The van der Waals surface area contributed by atoms with Gasteiger partial charge in [0, 0.05) is 30.4 Å². The fourth-order valence-corrected chi connectivity index (χ4v) is 3.56.